The Balaban J connectivity index is 1.47. The molecule has 0 saturated heterocycles. The minimum Gasteiger partial charge on any atom is -0.358 e. The number of hydrogen-bond acceptors (Lipinski definition) is 3. The Morgan fingerprint density at radius 3 is 2.30 bits per heavy atom. The van der Waals surface area contributed by atoms with E-state index in [1.807, 2.05) is 22.9 Å². The Morgan fingerprint density at radius 1 is 0.848 bits per heavy atom. The van der Waals surface area contributed by atoms with Crippen LogP contribution in [0.4, 0.5) is 13.2 Å². The molecule has 2 N–H and O–H groups in total. The zero-order valence-corrected chi connectivity index (χ0v) is 17.9. The number of para-hydroxylation sites is 2. The van der Waals surface area contributed by atoms with Crippen LogP contribution in [0.25, 0.3) is 32.7 Å². The van der Waals surface area contributed by atoms with Gasteiger partial charge in [-0.05, 0) is 41.8 Å². The second-order valence-corrected chi connectivity index (χ2v) is 9.55. The minimum absolute atomic E-state index is 0.274. The van der Waals surface area contributed by atoms with E-state index < -0.39 is 28.7 Å². The molecule has 2 aromatic heterocycles. The fraction of sp³-hybridized carbons (Fsp3) is 0.125. The van der Waals surface area contributed by atoms with Gasteiger partial charge in [-0.15, -0.1) is 0 Å². The molecule has 0 fully saturated rings. The molecular formula is C24H18F3N3O2S. The molecule has 9 heteroatoms. The maximum Gasteiger partial charge on any atom is 0.405 e. The van der Waals surface area contributed by atoms with Crippen molar-refractivity contribution in [2.75, 3.05) is 0 Å². The van der Waals surface area contributed by atoms with Gasteiger partial charge in [0, 0.05) is 28.4 Å². The highest BCUT2D eigenvalue weighted by atomic mass is 32.2. The number of aromatic amines is 1. The van der Waals surface area contributed by atoms with E-state index in [0.717, 1.165) is 10.8 Å². The molecule has 0 amide bonds. The fourth-order valence-corrected chi connectivity index (χ4v) is 5.10. The van der Waals surface area contributed by atoms with E-state index >= 15 is 0 Å². The van der Waals surface area contributed by atoms with Crippen molar-refractivity contribution < 1.29 is 21.6 Å². The number of halogens is 3. The zero-order chi connectivity index (χ0) is 23.2. The first-order valence-corrected chi connectivity index (χ1v) is 11.6. The normalized spacial score (nSPS) is 13.7. The van der Waals surface area contributed by atoms with E-state index in [2.05, 4.69) is 9.97 Å². The van der Waals surface area contributed by atoms with Gasteiger partial charge in [-0.1, -0.05) is 42.5 Å². The van der Waals surface area contributed by atoms with Crippen molar-refractivity contribution in [2.24, 2.45) is 0 Å². The third kappa shape index (κ3) is 4.29. The highest BCUT2D eigenvalue weighted by Gasteiger charge is 2.42. The van der Waals surface area contributed by atoms with Gasteiger partial charge in [0.25, 0.3) is 0 Å². The summed E-state index contributed by atoms with van der Waals surface area (Å²) in [5.74, 6) is 0. The van der Waals surface area contributed by atoms with E-state index in [1.54, 1.807) is 48.5 Å². The van der Waals surface area contributed by atoms with Crippen molar-refractivity contribution in [3.05, 3.63) is 84.6 Å². The van der Waals surface area contributed by atoms with Crippen molar-refractivity contribution in [3.63, 3.8) is 0 Å². The second kappa shape index (κ2) is 7.86. The number of H-pyrrole nitrogens is 1. The second-order valence-electron chi connectivity index (χ2n) is 7.84. The molecule has 0 aliphatic rings. The van der Waals surface area contributed by atoms with Gasteiger partial charge in [-0.2, -0.15) is 17.9 Å². The lowest BCUT2D eigenvalue weighted by molar-refractivity contribution is -0.151. The highest BCUT2D eigenvalue weighted by Crippen LogP contribution is 2.27. The van der Waals surface area contributed by atoms with Crippen molar-refractivity contribution in [1.29, 1.82) is 0 Å². The van der Waals surface area contributed by atoms with Crippen LogP contribution in [0, 0.1) is 0 Å². The molecule has 168 valence electrons. The third-order valence-corrected chi connectivity index (χ3v) is 6.97. The maximum absolute atomic E-state index is 13.8. The lowest BCUT2D eigenvalue weighted by Crippen LogP contribution is -2.46. The number of aromatic nitrogens is 2. The van der Waals surface area contributed by atoms with Gasteiger partial charge >= 0.3 is 6.18 Å². The summed E-state index contributed by atoms with van der Waals surface area (Å²) in [5.41, 5.74) is 2.02. The van der Waals surface area contributed by atoms with Crippen molar-refractivity contribution in [1.82, 2.24) is 14.7 Å². The van der Waals surface area contributed by atoms with E-state index in [4.69, 9.17) is 0 Å². The number of sulfonamides is 1. The van der Waals surface area contributed by atoms with Crippen LogP contribution in [-0.4, -0.2) is 30.6 Å². The zero-order valence-electron chi connectivity index (χ0n) is 17.1. The monoisotopic (exact) mass is 469 g/mol. The standard InChI is InChI=1S/C24H18F3N3O2S/c25-24(26,27)23(13-18-12-16-6-2-3-7-20(16)28-18)30-33(31,32)19-10-9-17-11-15-5-1-4-8-21(15)29-22(17)14-19/h1-12,14,23,28,30H,13H2/t23-/m0/s1. The first kappa shape index (κ1) is 21.4. The van der Waals surface area contributed by atoms with Gasteiger partial charge in [0.2, 0.25) is 10.0 Å². The summed E-state index contributed by atoms with van der Waals surface area (Å²) in [6.45, 7) is 0. The molecule has 2 heterocycles. The van der Waals surface area contributed by atoms with Gasteiger partial charge in [-0.25, -0.2) is 13.4 Å². The average Bonchev–Trinajstić information content (AvgIpc) is 3.18. The van der Waals surface area contributed by atoms with E-state index in [9.17, 15) is 21.6 Å². The van der Waals surface area contributed by atoms with Crippen molar-refractivity contribution in [2.45, 2.75) is 23.5 Å². The number of nitrogens with zero attached hydrogens (tertiary/aromatic N) is 1. The molecule has 0 unspecified atom stereocenters. The minimum atomic E-state index is -4.78. The highest BCUT2D eigenvalue weighted by molar-refractivity contribution is 7.89. The van der Waals surface area contributed by atoms with Crippen LogP contribution in [0.3, 0.4) is 0 Å². The van der Waals surface area contributed by atoms with Crippen LogP contribution in [0.2, 0.25) is 0 Å². The fourth-order valence-electron chi connectivity index (χ4n) is 3.86. The van der Waals surface area contributed by atoms with Gasteiger partial charge < -0.3 is 4.98 Å². The largest absolute Gasteiger partial charge is 0.405 e. The average molecular weight is 469 g/mol. The van der Waals surface area contributed by atoms with Crippen LogP contribution in [-0.2, 0) is 16.4 Å². The molecule has 0 aliphatic heterocycles. The molecule has 5 rings (SSSR count). The summed E-state index contributed by atoms with van der Waals surface area (Å²) in [6.07, 6.45) is -5.34. The van der Waals surface area contributed by atoms with E-state index in [0.29, 0.717) is 21.9 Å². The van der Waals surface area contributed by atoms with Crippen LogP contribution in [0.1, 0.15) is 5.69 Å². The Bertz CT molecular complexity index is 1560. The van der Waals surface area contributed by atoms with Crippen LogP contribution >= 0.6 is 0 Å². The third-order valence-electron chi connectivity index (χ3n) is 5.50. The van der Waals surface area contributed by atoms with E-state index in [1.165, 1.54) is 12.1 Å². The molecule has 0 radical (unpaired) electrons. The SMILES string of the molecule is O=S(=O)(N[C@@H](Cc1cc2ccccc2[nH]1)C(F)(F)F)c1ccc2cc3ccccc3nc2c1. The smallest absolute Gasteiger partial charge is 0.358 e. The number of benzene rings is 3. The number of hydrogen-bond donors (Lipinski definition) is 2. The van der Waals surface area contributed by atoms with Gasteiger partial charge in [0.05, 0.1) is 15.9 Å². The summed E-state index contributed by atoms with van der Waals surface area (Å²) in [5, 5.41) is 2.33. The molecule has 0 saturated carbocycles. The predicted octanol–water partition coefficient (Wildman–Crippen LogP) is 5.32. The van der Waals surface area contributed by atoms with Crippen LogP contribution in [0.15, 0.2) is 83.8 Å². The quantitative estimate of drug-likeness (QED) is 0.342. The summed E-state index contributed by atoms with van der Waals surface area (Å²) in [7, 11) is -4.46. The molecule has 0 bridgehead atoms. The predicted molar refractivity (Wildman–Crippen MR) is 121 cm³/mol. The number of alkyl halides is 3. The molecule has 5 nitrogen and oxygen atoms in total. The first-order valence-electron chi connectivity index (χ1n) is 10.1. The number of pyridine rings is 1. The lowest BCUT2D eigenvalue weighted by Gasteiger charge is -2.21. The van der Waals surface area contributed by atoms with Gasteiger partial charge in [0.15, 0.2) is 0 Å². The Hall–Kier alpha value is -3.43. The molecule has 0 spiro atoms. The molecule has 5 aromatic rings. The molecule has 3 aromatic carbocycles. The number of rotatable bonds is 5. The Kier molecular flexibility index (Phi) is 5.10. The van der Waals surface area contributed by atoms with Crippen molar-refractivity contribution in [3.8, 4) is 0 Å². The van der Waals surface area contributed by atoms with Gasteiger partial charge in [-0.3, -0.25) is 0 Å². The number of nitrogens with one attached hydrogen (secondary N) is 2. The molecule has 0 aliphatic carbocycles. The summed E-state index contributed by atoms with van der Waals surface area (Å²) < 4.78 is 69.0. The molecule has 33 heavy (non-hydrogen) atoms. The first-order chi connectivity index (χ1) is 15.7. The summed E-state index contributed by atoms with van der Waals surface area (Å²) >= 11 is 0. The lowest BCUT2D eigenvalue weighted by atomic mass is 10.1. The summed E-state index contributed by atoms with van der Waals surface area (Å²) in [6, 6.07) is 19.7. The maximum atomic E-state index is 13.8. The molecule has 1 atom stereocenters. The van der Waals surface area contributed by atoms with Gasteiger partial charge in [0.1, 0.15) is 6.04 Å². The topological polar surface area (TPSA) is 74.8 Å². The Labute approximate surface area is 187 Å². The number of fused-ring (bicyclic) bond motifs is 3. The van der Waals surface area contributed by atoms with Crippen LogP contribution in [0.5, 0.6) is 0 Å². The van der Waals surface area contributed by atoms with E-state index in [-0.39, 0.29) is 10.6 Å². The van der Waals surface area contributed by atoms with Crippen LogP contribution < -0.4 is 4.72 Å². The Morgan fingerprint density at radius 2 is 1.55 bits per heavy atom. The molecular weight excluding hydrogens is 451 g/mol. The van der Waals surface area contributed by atoms with Crippen molar-refractivity contribution >= 4 is 42.7 Å². The summed E-state index contributed by atoms with van der Waals surface area (Å²) in [4.78, 5) is 7.10.